The van der Waals surface area contributed by atoms with Gasteiger partial charge < -0.3 is 5.11 Å². The summed E-state index contributed by atoms with van der Waals surface area (Å²) in [7, 11) is -2.85. The highest BCUT2D eigenvalue weighted by atomic mass is 32.2. The Morgan fingerprint density at radius 1 is 1.22 bits per heavy atom. The minimum absolute atomic E-state index is 0.124. The van der Waals surface area contributed by atoms with Gasteiger partial charge in [0.15, 0.2) is 5.82 Å². The third kappa shape index (κ3) is 2.16. The van der Waals surface area contributed by atoms with Crippen molar-refractivity contribution in [1.29, 1.82) is 0 Å². The number of fused-ring (bicyclic) bond motifs is 1. The molecule has 2 aliphatic heterocycles. The van der Waals surface area contributed by atoms with Crippen molar-refractivity contribution in [1.82, 2.24) is 14.8 Å². The molecule has 0 radical (unpaired) electrons. The topological polar surface area (TPSA) is 85.1 Å². The standard InChI is InChI=1S/C11H17N3O3S/c15-10-3-1-2-9-12-11(13-14(9)10)8-4-6-18(16,17)7-5-8/h8,10,15H,1-7H2. The number of hydrogen-bond donors (Lipinski definition) is 1. The molecule has 1 N–H and O–H groups in total. The molecule has 1 fully saturated rings. The van der Waals surface area contributed by atoms with E-state index in [1.54, 1.807) is 4.68 Å². The maximum absolute atomic E-state index is 11.4. The Kier molecular flexibility index (Phi) is 2.90. The largest absolute Gasteiger partial charge is 0.372 e. The highest BCUT2D eigenvalue weighted by molar-refractivity contribution is 7.91. The summed E-state index contributed by atoms with van der Waals surface area (Å²) >= 11 is 0. The lowest BCUT2D eigenvalue weighted by Gasteiger charge is -2.19. The van der Waals surface area contributed by atoms with Gasteiger partial charge in [0, 0.05) is 12.3 Å². The molecule has 1 aromatic rings. The lowest BCUT2D eigenvalue weighted by Crippen LogP contribution is -2.23. The molecule has 18 heavy (non-hydrogen) atoms. The monoisotopic (exact) mass is 271 g/mol. The van der Waals surface area contributed by atoms with Crippen LogP contribution in [0.15, 0.2) is 0 Å². The van der Waals surface area contributed by atoms with Crippen molar-refractivity contribution >= 4 is 9.84 Å². The van der Waals surface area contributed by atoms with Crippen LogP contribution in [-0.4, -0.2) is 39.8 Å². The maximum atomic E-state index is 11.4. The fourth-order valence-electron chi connectivity index (χ4n) is 2.67. The summed E-state index contributed by atoms with van der Waals surface area (Å²) in [6, 6.07) is 0. The van der Waals surface area contributed by atoms with Crippen molar-refractivity contribution in [2.75, 3.05) is 11.5 Å². The van der Waals surface area contributed by atoms with Gasteiger partial charge >= 0.3 is 0 Å². The summed E-state index contributed by atoms with van der Waals surface area (Å²) < 4.78 is 24.4. The van der Waals surface area contributed by atoms with Gasteiger partial charge in [-0.3, -0.25) is 0 Å². The lowest BCUT2D eigenvalue weighted by molar-refractivity contribution is 0.0642. The van der Waals surface area contributed by atoms with E-state index in [-0.39, 0.29) is 17.4 Å². The van der Waals surface area contributed by atoms with Gasteiger partial charge in [0.05, 0.1) is 11.5 Å². The Labute approximate surface area is 106 Å². The highest BCUT2D eigenvalue weighted by Crippen LogP contribution is 2.29. The van der Waals surface area contributed by atoms with Crippen LogP contribution in [0.5, 0.6) is 0 Å². The molecule has 0 aromatic carbocycles. The fourth-order valence-corrected chi connectivity index (χ4v) is 4.16. The molecule has 1 aromatic heterocycles. The maximum Gasteiger partial charge on any atom is 0.154 e. The number of sulfone groups is 1. The molecule has 7 heteroatoms. The van der Waals surface area contributed by atoms with Gasteiger partial charge in [-0.1, -0.05) is 0 Å². The zero-order valence-electron chi connectivity index (χ0n) is 10.1. The van der Waals surface area contributed by atoms with E-state index in [4.69, 9.17) is 0 Å². The molecule has 0 saturated carbocycles. The van der Waals surface area contributed by atoms with E-state index in [1.807, 2.05) is 0 Å². The average molecular weight is 271 g/mol. The van der Waals surface area contributed by atoms with E-state index in [0.29, 0.717) is 18.7 Å². The van der Waals surface area contributed by atoms with Crippen LogP contribution in [-0.2, 0) is 16.3 Å². The molecule has 3 heterocycles. The molecule has 0 aliphatic carbocycles. The third-order valence-electron chi connectivity index (χ3n) is 3.78. The fraction of sp³-hybridized carbons (Fsp3) is 0.818. The van der Waals surface area contributed by atoms with Crippen molar-refractivity contribution in [2.24, 2.45) is 0 Å². The first kappa shape index (κ1) is 12.1. The molecule has 1 unspecified atom stereocenters. The molecule has 1 saturated heterocycles. The van der Waals surface area contributed by atoms with Crippen LogP contribution >= 0.6 is 0 Å². The predicted octanol–water partition coefficient (Wildman–Crippen LogP) is 0.397. The van der Waals surface area contributed by atoms with Crippen molar-refractivity contribution < 1.29 is 13.5 Å². The predicted molar refractivity (Wildman–Crippen MR) is 64.8 cm³/mol. The third-order valence-corrected chi connectivity index (χ3v) is 5.50. The van der Waals surface area contributed by atoms with Crippen LogP contribution in [0, 0.1) is 0 Å². The molecule has 0 spiro atoms. The van der Waals surface area contributed by atoms with Crippen molar-refractivity contribution in [3.8, 4) is 0 Å². The van der Waals surface area contributed by atoms with E-state index >= 15 is 0 Å². The minimum Gasteiger partial charge on any atom is -0.372 e. The second-order valence-electron chi connectivity index (χ2n) is 5.13. The summed E-state index contributed by atoms with van der Waals surface area (Å²) in [5, 5.41) is 14.2. The Hall–Kier alpha value is -0.950. The van der Waals surface area contributed by atoms with Crippen LogP contribution in [0.25, 0.3) is 0 Å². The van der Waals surface area contributed by atoms with Crippen molar-refractivity contribution in [2.45, 2.75) is 44.2 Å². The smallest absolute Gasteiger partial charge is 0.154 e. The van der Waals surface area contributed by atoms with Crippen LogP contribution in [0.2, 0.25) is 0 Å². The minimum atomic E-state index is -2.85. The summed E-state index contributed by atoms with van der Waals surface area (Å²) in [6.07, 6.45) is 3.12. The summed E-state index contributed by atoms with van der Waals surface area (Å²) in [4.78, 5) is 4.47. The van der Waals surface area contributed by atoms with Gasteiger partial charge in [0.1, 0.15) is 21.9 Å². The second-order valence-corrected chi connectivity index (χ2v) is 7.43. The summed E-state index contributed by atoms with van der Waals surface area (Å²) in [6.45, 7) is 0. The van der Waals surface area contributed by atoms with Gasteiger partial charge in [0.2, 0.25) is 0 Å². The number of aliphatic hydroxyl groups is 1. The van der Waals surface area contributed by atoms with Gasteiger partial charge in [-0.05, 0) is 25.7 Å². The normalized spacial score (nSPS) is 27.9. The Balaban J connectivity index is 1.82. The second kappa shape index (κ2) is 4.31. The van der Waals surface area contributed by atoms with E-state index in [1.165, 1.54) is 0 Å². The molecular formula is C11H17N3O3S. The van der Waals surface area contributed by atoms with Gasteiger partial charge in [0.25, 0.3) is 0 Å². The molecule has 6 nitrogen and oxygen atoms in total. The number of nitrogens with zero attached hydrogens (tertiary/aromatic N) is 3. The lowest BCUT2D eigenvalue weighted by atomic mass is 10.0. The number of aromatic nitrogens is 3. The Morgan fingerprint density at radius 2 is 1.94 bits per heavy atom. The quantitative estimate of drug-likeness (QED) is 0.799. The van der Waals surface area contributed by atoms with Crippen molar-refractivity contribution in [3.63, 3.8) is 0 Å². The average Bonchev–Trinajstić information content (AvgIpc) is 2.74. The van der Waals surface area contributed by atoms with E-state index in [0.717, 1.165) is 25.1 Å². The van der Waals surface area contributed by atoms with Gasteiger partial charge in [-0.2, -0.15) is 5.10 Å². The molecule has 2 aliphatic rings. The van der Waals surface area contributed by atoms with E-state index < -0.39 is 16.1 Å². The van der Waals surface area contributed by atoms with Crippen LogP contribution in [0.3, 0.4) is 0 Å². The first-order valence-electron chi connectivity index (χ1n) is 6.39. The number of hydrogen-bond acceptors (Lipinski definition) is 5. The zero-order chi connectivity index (χ0) is 12.8. The van der Waals surface area contributed by atoms with Gasteiger partial charge in [-0.15, -0.1) is 0 Å². The summed E-state index contributed by atoms with van der Waals surface area (Å²) in [5.74, 6) is 2.12. The molecule has 100 valence electrons. The Morgan fingerprint density at radius 3 is 2.61 bits per heavy atom. The summed E-state index contributed by atoms with van der Waals surface area (Å²) in [5.41, 5.74) is 0. The highest BCUT2D eigenvalue weighted by Gasteiger charge is 2.29. The number of aryl methyl sites for hydroxylation is 1. The molecule has 0 amide bonds. The SMILES string of the molecule is O=S1(=O)CCC(c2nc3n(n2)C(O)CCC3)CC1. The molecule has 0 bridgehead atoms. The van der Waals surface area contributed by atoms with Crippen LogP contribution in [0.1, 0.15) is 49.5 Å². The molecule has 1 atom stereocenters. The first-order valence-corrected chi connectivity index (χ1v) is 8.21. The van der Waals surface area contributed by atoms with E-state index in [9.17, 15) is 13.5 Å². The Bertz CT molecular complexity index is 538. The van der Waals surface area contributed by atoms with E-state index in [2.05, 4.69) is 10.1 Å². The number of aliphatic hydroxyl groups excluding tert-OH is 1. The number of rotatable bonds is 1. The van der Waals surface area contributed by atoms with Crippen molar-refractivity contribution in [3.05, 3.63) is 11.6 Å². The zero-order valence-corrected chi connectivity index (χ0v) is 10.9. The van der Waals surface area contributed by atoms with Gasteiger partial charge in [-0.25, -0.2) is 18.1 Å². The molecule has 3 rings (SSSR count). The first-order chi connectivity index (χ1) is 8.55. The molecular weight excluding hydrogens is 254 g/mol. The van der Waals surface area contributed by atoms with Crippen LogP contribution in [0.4, 0.5) is 0 Å². The van der Waals surface area contributed by atoms with Crippen LogP contribution < -0.4 is 0 Å².